The Morgan fingerprint density at radius 3 is 1.93 bits per heavy atom. The molecule has 0 saturated carbocycles. The average molecular weight is 378 g/mol. The van der Waals surface area contributed by atoms with Gasteiger partial charge in [-0.25, -0.2) is 4.98 Å². The van der Waals surface area contributed by atoms with Crippen molar-refractivity contribution in [1.29, 1.82) is 0 Å². The minimum atomic E-state index is -0.478. The van der Waals surface area contributed by atoms with E-state index in [9.17, 15) is 4.79 Å². The Morgan fingerprint density at radius 2 is 1.31 bits per heavy atom. The van der Waals surface area contributed by atoms with Gasteiger partial charge in [-0.15, -0.1) is 0 Å². The Balaban J connectivity index is 1.82. The summed E-state index contributed by atoms with van der Waals surface area (Å²) < 4.78 is 0. The molecule has 3 aromatic carbocycles. The van der Waals surface area contributed by atoms with Crippen molar-refractivity contribution in [2.45, 2.75) is 12.6 Å². The first kappa shape index (κ1) is 18.6. The van der Waals surface area contributed by atoms with Gasteiger partial charge >= 0.3 is 0 Å². The first-order chi connectivity index (χ1) is 14.3. The number of rotatable bonds is 7. The van der Waals surface area contributed by atoms with E-state index in [1.165, 1.54) is 0 Å². The van der Waals surface area contributed by atoms with Crippen LogP contribution >= 0.6 is 0 Å². The Labute approximate surface area is 171 Å². The van der Waals surface area contributed by atoms with Gasteiger partial charge in [0, 0.05) is 18.3 Å². The summed E-state index contributed by atoms with van der Waals surface area (Å²) >= 11 is 0. The van der Waals surface area contributed by atoms with Crippen LogP contribution in [0.4, 0.5) is 5.82 Å². The molecular weight excluding hydrogens is 356 g/mol. The molecule has 1 unspecified atom stereocenters. The van der Waals surface area contributed by atoms with Crippen molar-refractivity contribution in [3.05, 3.63) is 132 Å². The first-order valence-electron chi connectivity index (χ1n) is 9.69. The minimum Gasteiger partial charge on any atom is -0.338 e. The van der Waals surface area contributed by atoms with Gasteiger partial charge in [-0.05, 0) is 23.3 Å². The lowest BCUT2D eigenvalue weighted by atomic mass is 9.95. The third-order valence-corrected chi connectivity index (χ3v) is 4.87. The van der Waals surface area contributed by atoms with Gasteiger partial charge in [-0.1, -0.05) is 97.1 Å². The Hall–Kier alpha value is -3.72. The van der Waals surface area contributed by atoms with Gasteiger partial charge < -0.3 is 4.90 Å². The van der Waals surface area contributed by atoms with Crippen molar-refractivity contribution in [2.75, 3.05) is 4.90 Å². The van der Waals surface area contributed by atoms with Crippen LogP contribution in [-0.4, -0.2) is 10.8 Å². The number of hydrogen-bond donors (Lipinski definition) is 0. The minimum absolute atomic E-state index is 0.0541. The van der Waals surface area contributed by atoms with Crippen LogP contribution in [0.25, 0.3) is 0 Å². The molecule has 0 spiro atoms. The van der Waals surface area contributed by atoms with E-state index in [2.05, 4.69) is 22.0 Å². The molecule has 0 aliphatic rings. The van der Waals surface area contributed by atoms with Gasteiger partial charge in [0.2, 0.25) is 0 Å². The molecule has 0 saturated heterocycles. The number of anilines is 1. The fourth-order valence-electron chi connectivity index (χ4n) is 3.48. The number of aromatic nitrogens is 1. The molecule has 0 radical (unpaired) electrons. The highest BCUT2D eigenvalue weighted by Crippen LogP contribution is 2.31. The van der Waals surface area contributed by atoms with Crippen molar-refractivity contribution < 1.29 is 4.79 Å². The summed E-state index contributed by atoms with van der Waals surface area (Å²) in [7, 11) is 0. The summed E-state index contributed by atoms with van der Waals surface area (Å²) in [6.45, 7) is 0.579. The van der Waals surface area contributed by atoms with E-state index in [1.54, 1.807) is 6.20 Å². The molecule has 142 valence electrons. The molecule has 1 heterocycles. The van der Waals surface area contributed by atoms with Gasteiger partial charge in [-0.3, -0.25) is 4.79 Å². The van der Waals surface area contributed by atoms with E-state index in [-0.39, 0.29) is 5.78 Å². The summed E-state index contributed by atoms with van der Waals surface area (Å²) in [5, 5.41) is 0. The average Bonchev–Trinajstić information content (AvgIpc) is 2.81. The summed E-state index contributed by atoms with van der Waals surface area (Å²) in [6, 6.07) is 34.9. The van der Waals surface area contributed by atoms with E-state index < -0.39 is 6.04 Å². The highest BCUT2D eigenvalue weighted by atomic mass is 16.1. The molecule has 29 heavy (non-hydrogen) atoms. The fourth-order valence-corrected chi connectivity index (χ4v) is 3.48. The van der Waals surface area contributed by atoms with Crippen molar-refractivity contribution in [3.63, 3.8) is 0 Å². The maximum absolute atomic E-state index is 13.7. The lowest BCUT2D eigenvalue weighted by Gasteiger charge is -2.32. The molecule has 0 N–H and O–H groups in total. The summed E-state index contributed by atoms with van der Waals surface area (Å²) in [5.74, 6) is 0.827. The molecular formula is C26H22N2O. The first-order valence-corrected chi connectivity index (χ1v) is 9.69. The standard InChI is InChI=1S/C26H22N2O/c29-26(23-16-8-3-9-17-23)25(22-14-6-2-7-15-22)28(24-18-10-11-19-27-24)20-21-12-4-1-5-13-21/h1-19,25H,20H2. The van der Waals surface area contributed by atoms with Crippen LogP contribution in [0.15, 0.2) is 115 Å². The van der Waals surface area contributed by atoms with E-state index in [0.717, 1.165) is 16.9 Å². The van der Waals surface area contributed by atoms with Crippen LogP contribution in [0, 0.1) is 0 Å². The zero-order chi connectivity index (χ0) is 19.9. The van der Waals surface area contributed by atoms with Crippen LogP contribution in [0.3, 0.4) is 0 Å². The maximum Gasteiger partial charge on any atom is 0.189 e. The third-order valence-electron chi connectivity index (χ3n) is 4.87. The second-order valence-corrected chi connectivity index (χ2v) is 6.84. The van der Waals surface area contributed by atoms with Crippen LogP contribution in [0.5, 0.6) is 0 Å². The predicted octanol–water partition coefficient (Wildman–Crippen LogP) is 5.71. The molecule has 0 bridgehead atoms. The van der Waals surface area contributed by atoms with Crippen molar-refractivity contribution in [2.24, 2.45) is 0 Å². The number of ketones is 1. The number of nitrogens with zero attached hydrogens (tertiary/aromatic N) is 2. The lowest BCUT2D eigenvalue weighted by molar-refractivity contribution is 0.0956. The summed E-state index contributed by atoms with van der Waals surface area (Å²) in [4.78, 5) is 20.3. The number of Topliss-reactive ketones (excluding diaryl/α,β-unsaturated/α-hetero) is 1. The Bertz CT molecular complexity index is 1040. The number of benzene rings is 3. The molecule has 1 aromatic heterocycles. The number of hydrogen-bond acceptors (Lipinski definition) is 3. The van der Waals surface area contributed by atoms with Crippen LogP contribution in [-0.2, 0) is 6.54 Å². The number of carbonyl (C=O) groups excluding carboxylic acids is 1. The second kappa shape index (κ2) is 8.98. The molecule has 4 aromatic rings. The summed E-state index contributed by atoms with van der Waals surface area (Å²) in [5.41, 5.74) is 2.76. The second-order valence-electron chi connectivity index (χ2n) is 6.84. The molecule has 0 aliphatic carbocycles. The molecule has 3 heteroatoms. The Kier molecular flexibility index (Phi) is 5.77. The number of pyridine rings is 1. The fraction of sp³-hybridized carbons (Fsp3) is 0.0769. The lowest BCUT2D eigenvalue weighted by Crippen LogP contribution is -2.34. The quantitative estimate of drug-likeness (QED) is 0.386. The summed E-state index contributed by atoms with van der Waals surface area (Å²) in [6.07, 6.45) is 1.77. The topological polar surface area (TPSA) is 33.2 Å². The van der Waals surface area contributed by atoms with E-state index in [1.807, 2.05) is 97.1 Å². The number of carbonyl (C=O) groups is 1. The SMILES string of the molecule is O=C(c1ccccc1)C(c1ccccc1)N(Cc1ccccc1)c1ccccn1. The van der Waals surface area contributed by atoms with Crippen molar-refractivity contribution >= 4 is 11.6 Å². The van der Waals surface area contributed by atoms with E-state index >= 15 is 0 Å². The predicted molar refractivity (Wildman–Crippen MR) is 117 cm³/mol. The van der Waals surface area contributed by atoms with Gasteiger partial charge in [0.25, 0.3) is 0 Å². The third kappa shape index (κ3) is 4.41. The Morgan fingerprint density at radius 1 is 0.724 bits per heavy atom. The molecule has 0 aliphatic heterocycles. The van der Waals surface area contributed by atoms with Gasteiger partial charge in [0.05, 0.1) is 0 Å². The normalized spacial score (nSPS) is 11.6. The van der Waals surface area contributed by atoms with Crippen molar-refractivity contribution in [3.8, 4) is 0 Å². The highest BCUT2D eigenvalue weighted by molar-refractivity contribution is 6.02. The van der Waals surface area contributed by atoms with Crippen molar-refractivity contribution in [1.82, 2.24) is 4.98 Å². The monoisotopic (exact) mass is 378 g/mol. The molecule has 0 fully saturated rings. The van der Waals surface area contributed by atoms with Gasteiger partial charge in [-0.2, -0.15) is 0 Å². The van der Waals surface area contributed by atoms with E-state index in [4.69, 9.17) is 0 Å². The van der Waals surface area contributed by atoms with Gasteiger partial charge in [0.15, 0.2) is 5.78 Å². The van der Waals surface area contributed by atoms with E-state index in [0.29, 0.717) is 12.1 Å². The highest BCUT2D eigenvalue weighted by Gasteiger charge is 2.29. The molecule has 0 amide bonds. The molecule has 3 nitrogen and oxygen atoms in total. The molecule has 1 atom stereocenters. The van der Waals surface area contributed by atoms with Gasteiger partial charge in [0.1, 0.15) is 11.9 Å². The van der Waals surface area contributed by atoms with Crippen LogP contribution < -0.4 is 4.90 Å². The molecule has 4 rings (SSSR count). The maximum atomic E-state index is 13.7. The zero-order valence-electron chi connectivity index (χ0n) is 16.1. The van der Waals surface area contributed by atoms with Crippen LogP contribution in [0.2, 0.25) is 0 Å². The largest absolute Gasteiger partial charge is 0.338 e. The smallest absolute Gasteiger partial charge is 0.189 e. The zero-order valence-corrected chi connectivity index (χ0v) is 16.1. The van der Waals surface area contributed by atoms with Crippen LogP contribution in [0.1, 0.15) is 27.5 Å².